The number of hydrogen-bond acceptors (Lipinski definition) is 4. The molecule has 0 aliphatic carbocycles. The average molecular weight is 185 g/mol. The minimum Gasteiger partial charge on any atom is -0.405 e. The van der Waals surface area contributed by atoms with Crippen molar-refractivity contribution in [2.45, 2.75) is 44.8 Å². The summed E-state index contributed by atoms with van der Waals surface area (Å²) in [6, 6.07) is -0.225. The molecule has 13 heavy (non-hydrogen) atoms. The highest BCUT2D eigenvalue weighted by Gasteiger charge is 2.53. The number of hydroxylamine groups is 2. The molecule has 0 spiro atoms. The van der Waals surface area contributed by atoms with Crippen molar-refractivity contribution in [2.24, 2.45) is 11.5 Å². The number of rotatable bonds is 0. The molecule has 1 heterocycles. The average Bonchev–Trinajstić information content (AvgIpc) is 2.12. The third kappa shape index (κ3) is 1.17. The van der Waals surface area contributed by atoms with Gasteiger partial charge in [-0.3, -0.25) is 0 Å². The van der Waals surface area contributed by atoms with E-state index < -0.39 is 11.1 Å². The minimum atomic E-state index is -0.475. The SMILES string of the molecule is CC1(C)C(=CN)C(N)C(C)(C)N1O. The molecule has 1 atom stereocenters. The molecule has 1 rings (SSSR count). The third-order valence-corrected chi connectivity index (χ3v) is 3.06. The quantitative estimate of drug-likeness (QED) is 0.511. The molecule has 0 aromatic heterocycles. The Morgan fingerprint density at radius 2 is 1.85 bits per heavy atom. The maximum atomic E-state index is 9.91. The fraction of sp³-hybridized carbons (Fsp3) is 0.778. The Bertz CT molecular complexity index is 245. The summed E-state index contributed by atoms with van der Waals surface area (Å²) >= 11 is 0. The van der Waals surface area contributed by atoms with E-state index in [2.05, 4.69) is 0 Å². The molecule has 4 heteroatoms. The van der Waals surface area contributed by atoms with Gasteiger partial charge in [0.2, 0.25) is 0 Å². The first-order valence-corrected chi connectivity index (χ1v) is 4.43. The number of hydrogen-bond donors (Lipinski definition) is 3. The van der Waals surface area contributed by atoms with Gasteiger partial charge in [0.1, 0.15) is 0 Å². The highest BCUT2D eigenvalue weighted by Crippen LogP contribution is 2.41. The van der Waals surface area contributed by atoms with Gasteiger partial charge in [-0.15, -0.1) is 0 Å². The van der Waals surface area contributed by atoms with Gasteiger partial charge in [0, 0.05) is 6.04 Å². The molecule has 1 aliphatic rings. The Balaban J connectivity index is 3.20. The van der Waals surface area contributed by atoms with Gasteiger partial charge in [-0.25, -0.2) is 0 Å². The van der Waals surface area contributed by atoms with Crippen LogP contribution in [0.4, 0.5) is 0 Å². The topological polar surface area (TPSA) is 75.5 Å². The Kier molecular flexibility index (Phi) is 2.18. The molecule has 0 aromatic rings. The molecule has 0 saturated carbocycles. The summed E-state index contributed by atoms with van der Waals surface area (Å²) in [5, 5.41) is 11.2. The lowest BCUT2D eigenvalue weighted by molar-refractivity contribution is -0.189. The summed E-state index contributed by atoms with van der Waals surface area (Å²) in [5.74, 6) is 0. The fourth-order valence-corrected chi connectivity index (χ4v) is 2.04. The molecule has 1 aliphatic heterocycles. The lowest BCUT2D eigenvalue weighted by Gasteiger charge is -2.34. The van der Waals surface area contributed by atoms with Crippen molar-refractivity contribution < 1.29 is 5.21 Å². The van der Waals surface area contributed by atoms with Gasteiger partial charge in [0.15, 0.2) is 0 Å². The van der Waals surface area contributed by atoms with Crippen molar-refractivity contribution >= 4 is 0 Å². The molecule has 1 unspecified atom stereocenters. The number of nitrogens with zero attached hydrogens (tertiary/aromatic N) is 1. The standard InChI is InChI=1S/C9H19N3O/c1-8(2)6(5-10)7(11)9(3,4)12(8)13/h5,7,13H,10-11H2,1-4H3. The van der Waals surface area contributed by atoms with E-state index in [0.29, 0.717) is 0 Å². The molecule has 0 aromatic carbocycles. The van der Waals surface area contributed by atoms with Crippen molar-refractivity contribution in [1.82, 2.24) is 5.06 Å². The summed E-state index contributed by atoms with van der Waals surface area (Å²) in [4.78, 5) is 0. The summed E-state index contributed by atoms with van der Waals surface area (Å²) in [6.07, 6.45) is 1.50. The molecule has 76 valence electrons. The van der Waals surface area contributed by atoms with Crippen LogP contribution in [0.1, 0.15) is 27.7 Å². The second-order valence-electron chi connectivity index (χ2n) is 4.62. The molecule has 5 N–H and O–H groups in total. The predicted molar refractivity (Wildman–Crippen MR) is 52.0 cm³/mol. The van der Waals surface area contributed by atoms with E-state index in [4.69, 9.17) is 11.5 Å². The summed E-state index contributed by atoms with van der Waals surface area (Å²) in [6.45, 7) is 7.60. The van der Waals surface area contributed by atoms with Crippen LogP contribution in [-0.2, 0) is 0 Å². The van der Waals surface area contributed by atoms with E-state index in [-0.39, 0.29) is 6.04 Å². The predicted octanol–water partition coefficient (Wildman–Crippen LogP) is 0.418. The summed E-state index contributed by atoms with van der Waals surface area (Å²) < 4.78 is 0. The molecule has 0 bridgehead atoms. The van der Waals surface area contributed by atoms with Crippen LogP contribution in [0, 0.1) is 0 Å². The van der Waals surface area contributed by atoms with Crippen molar-refractivity contribution in [3.63, 3.8) is 0 Å². The first-order chi connectivity index (χ1) is 5.76. The van der Waals surface area contributed by atoms with E-state index in [1.165, 1.54) is 11.3 Å². The fourth-order valence-electron chi connectivity index (χ4n) is 2.04. The highest BCUT2D eigenvalue weighted by atomic mass is 16.5. The van der Waals surface area contributed by atoms with Crippen LogP contribution in [-0.4, -0.2) is 27.4 Å². The zero-order valence-corrected chi connectivity index (χ0v) is 8.70. The van der Waals surface area contributed by atoms with Gasteiger partial charge in [0.25, 0.3) is 0 Å². The first-order valence-electron chi connectivity index (χ1n) is 4.43. The summed E-state index contributed by atoms with van der Waals surface area (Å²) in [7, 11) is 0. The maximum absolute atomic E-state index is 9.91. The summed E-state index contributed by atoms with van der Waals surface area (Å²) in [5.41, 5.74) is 11.4. The van der Waals surface area contributed by atoms with Crippen molar-refractivity contribution in [2.75, 3.05) is 0 Å². The van der Waals surface area contributed by atoms with Gasteiger partial charge in [-0.2, -0.15) is 5.06 Å². The zero-order valence-electron chi connectivity index (χ0n) is 8.70. The van der Waals surface area contributed by atoms with Crippen molar-refractivity contribution in [3.8, 4) is 0 Å². The maximum Gasteiger partial charge on any atom is 0.0652 e. The Morgan fingerprint density at radius 1 is 1.38 bits per heavy atom. The van der Waals surface area contributed by atoms with Crippen molar-refractivity contribution in [3.05, 3.63) is 11.8 Å². The normalized spacial score (nSPS) is 35.5. The van der Waals surface area contributed by atoms with E-state index in [1.54, 1.807) is 0 Å². The lowest BCUT2D eigenvalue weighted by Crippen LogP contribution is -2.50. The molecule has 4 nitrogen and oxygen atoms in total. The van der Waals surface area contributed by atoms with Gasteiger partial charge in [0.05, 0.1) is 11.1 Å². The second-order valence-corrected chi connectivity index (χ2v) is 4.62. The smallest absolute Gasteiger partial charge is 0.0652 e. The zero-order chi connectivity index (χ0) is 10.4. The Labute approximate surface area is 79.2 Å². The second kappa shape index (κ2) is 2.70. The molecule has 0 radical (unpaired) electrons. The largest absolute Gasteiger partial charge is 0.405 e. The van der Waals surface area contributed by atoms with Crippen LogP contribution in [0.25, 0.3) is 0 Å². The van der Waals surface area contributed by atoms with Gasteiger partial charge in [-0.1, -0.05) is 0 Å². The minimum absolute atomic E-state index is 0.225. The highest BCUT2D eigenvalue weighted by molar-refractivity contribution is 5.32. The van der Waals surface area contributed by atoms with Gasteiger partial charge < -0.3 is 16.7 Å². The van der Waals surface area contributed by atoms with Crippen LogP contribution in [0.15, 0.2) is 11.8 Å². The van der Waals surface area contributed by atoms with Crippen molar-refractivity contribution in [1.29, 1.82) is 0 Å². The monoisotopic (exact) mass is 185 g/mol. The molecule has 1 fully saturated rings. The van der Waals surface area contributed by atoms with Gasteiger partial charge in [-0.05, 0) is 39.5 Å². The van der Waals surface area contributed by atoms with Crippen LogP contribution < -0.4 is 11.5 Å². The Morgan fingerprint density at radius 3 is 2.00 bits per heavy atom. The van der Waals surface area contributed by atoms with Crippen LogP contribution in [0.2, 0.25) is 0 Å². The van der Waals surface area contributed by atoms with Crippen LogP contribution >= 0.6 is 0 Å². The van der Waals surface area contributed by atoms with E-state index in [1.807, 2.05) is 27.7 Å². The van der Waals surface area contributed by atoms with Crippen LogP contribution in [0.5, 0.6) is 0 Å². The molecular formula is C9H19N3O. The number of nitrogens with two attached hydrogens (primary N) is 2. The molecule has 0 amide bonds. The first kappa shape index (κ1) is 10.5. The third-order valence-electron chi connectivity index (χ3n) is 3.06. The Hall–Kier alpha value is -0.580. The molecular weight excluding hydrogens is 166 g/mol. The molecule has 1 saturated heterocycles. The van der Waals surface area contributed by atoms with E-state index >= 15 is 0 Å². The van der Waals surface area contributed by atoms with Crippen LogP contribution in [0.3, 0.4) is 0 Å². The van der Waals surface area contributed by atoms with E-state index in [9.17, 15) is 5.21 Å². The van der Waals surface area contributed by atoms with Gasteiger partial charge >= 0.3 is 0 Å². The lowest BCUT2D eigenvalue weighted by atomic mass is 9.90. The van der Waals surface area contributed by atoms with E-state index in [0.717, 1.165) is 5.57 Å².